The Balaban J connectivity index is 4.08. The molecule has 0 fully saturated rings. The van der Waals surface area contributed by atoms with Crippen LogP contribution in [0.5, 0.6) is 0 Å². The number of unbranched alkanes of at least 4 members (excludes halogenated alkanes) is 38. The van der Waals surface area contributed by atoms with Crippen molar-refractivity contribution in [1.29, 1.82) is 0 Å². The Hall–Kier alpha value is -4.83. The first-order valence-electron chi connectivity index (χ1n) is 42.0. The summed E-state index contributed by atoms with van der Waals surface area (Å²) in [5, 5.41) is 11.9. The third-order valence-electron chi connectivity index (χ3n) is 18.1. The lowest BCUT2D eigenvalue weighted by molar-refractivity contribution is -0.870. The Morgan fingerprint density at radius 3 is 0.861 bits per heavy atom. The topological polar surface area (TPSA) is 111 Å². The number of nitrogens with zero attached hydrogens (tertiary/aromatic N) is 1. The second-order valence-corrected chi connectivity index (χ2v) is 29.0. The van der Waals surface area contributed by atoms with Crippen molar-refractivity contribution in [2.75, 3.05) is 47.5 Å². The number of hydrogen-bond donors (Lipinski definition) is 0. The Bertz CT molecular complexity index is 2180. The van der Waals surface area contributed by atoms with Crippen LogP contribution in [0.1, 0.15) is 361 Å². The number of esters is 2. The van der Waals surface area contributed by atoms with Crippen LogP contribution in [0.15, 0.2) is 146 Å². The maximum Gasteiger partial charge on any atom is 0.306 e. The summed E-state index contributed by atoms with van der Waals surface area (Å²) in [4.78, 5) is 37.6. The predicted molar refractivity (Wildman–Crippen MR) is 435 cm³/mol. The van der Waals surface area contributed by atoms with Crippen LogP contribution in [0, 0.1) is 0 Å². The molecule has 0 aromatic heterocycles. The third kappa shape index (κ3) is 82.3. The molecule has 0 amide bonds. The van der Waals surface area contributed by atoms with E-state index in [0.29, 0.717) is 17.4 Å². The van der Waals surface area contributed by atoms with Crippen LogP contribution in [-0.4, -0.2) is 82.3 Å². The molecule has 0 heterocycles. The number of quaternary nitrogens is 1. The van der Waals surface area contributed by atoms with Gasteiger partial charge >= 0.3 is 11.9 Å². The van der Waals surface area contributed by atoms with Crippen LogP contribution < -0.4 is 5.11 Å². The molecule has 0 aromatic carbocycles. The van der Waals surface area contributed by atoms with E-state index >= 15 is 0 Å². The van der Waals surface area contributed by atoms with Crippen molar-refractivity contribution < 1.29 is 42.9 Å². The zero-order valence-electron chi connectivity index (χ0n) is 66.2. The van der Waals surface area contributed by atoms with E-state index < -0.39 is 24.3 Å². The summed E-state index contributed by atoms with van der Waals surface area (Å²) >= 11 is 0. The predicted octanol–water partition coefficient (Wildman–Crippen LogP) is 26.0. The van der Waals surface area contributed by atoms with Crippen LogP contribution in [0.4, 0.5) is 0 Å². The number of likely N-dealkylation sites (N-methyl/N-ethyl adjacent to an activating group) is 1. The molecule has 9 heteroatoms. The standard InChI is InChI=1S/C92H157NO8/c1-6-8-10-12-14-16-18-20-22-24-26-28-30-32-34-36-38-40-42-44-45-47-48-50-52-54-56-58-60-62-64-66-68-70-72-74-76-78-80-82-89(94)99-86-88(87-100-92(91(96)97)98-85-84-93(3,4)5)101-90(95)83-81-79-77-75-73-71-69-67-65-63-61-59-57-55-53-51-49-46-43-41-39-37-35-33-31-29-27-25-23-21-19-17-15-13-11-9-7-2/h9,11,15,17,21,23-24,26-27,29,33,35,39,41,46,49,53,55,59,61,65,67,71,73,88,92H,6-8,10,12-14,16,18-20,22,25,28,30-32,34,36-38,40,42-45,47-48,50-52,54,56-58,60,62-64,66,68-70,72,74-87H2,1-5H3/b11-9-,17-15-,23-21-,26-24-,29-27-,35-33-,41-39-,49-46-,55-53-,61-59-,67-65-,73-71-. The van der Waals surface area contributed by atoms with Crippen molar-refractivity contribution in [3.8, 4) is 0 Å². The zero-order chi connectivity index (χ0) is 73.2. The molecule has 2 atom stereocenters. The monoisotopic (exact) mass is 1400 g/mol. The number of carboxylic acid groups (broad SMARTS) is 1. The Kier molecular flexibility index (Phi) is 77.0. The van der Waals surface area contributed by atoms with E-state index in [1.54, 1.807) is 0 Å². The normalized spacial score (nSPS) is 13.4. The summed E-state index contributed by atoms with van der Waals surface area (Å²) in [6.07, 6.45) is 116. The summed E-state index contributed by atoms with van der Waals surface area (Å²) in [5.41, 5.74) is 0. The van der Waals surface area contributed by atoms with Gasteiger partial charge in [-0.05, 0) is 122 Å². The van der Waals surface area contributed by atoms with Crippen molar-refractivity contribution in [1.82, 2.24) is 0 Å². The second kappa shape index (κ2) is 80.8. The van der Waals surface area contributed by atoms with Gasteiger partial charge in [-0.1, -0.05) is 372 Å². The lowest BCUT2D eigenvalue weighted by Crippen LogP contribution is -2.44. The minimum absolute atomic E-state index is 0.135. The van der Waals surface area contributed by atoms with E-state index in [1.807, 2.05) is 21.1 Å². The fourth-order valence-corrected chi connectivity index (χ4v) is 11.7. The molecule has 0 aromatic rings. The van der Waals surface area contributed by atoms with Crippen LogP contribution in [0.25, 0.3) is 0 Å². The molecule has 0 rings (SSSR count). The zero-order valence-corrected chi connectivity index (χ0v) is 66.2. The number of rotatable bonds is 77. The highest BCUT2D eigenvalue weighted by Crippen LogP contribution is 2.19. The van der Waals surface area contributed by atoms with Gasteiger partial charge in [-0.25, -0.2) is 0 Å². The highest BCUT2D eigenvalue weighted by atomic mass is 16.7. The number of hydrogen-bond acceptors (Lipinski definition) is 8. The van der Waals surface area contributed by atoms with Crippen molar-refractivity contribution in [3.63, 3.8) is 0 Å². The van der Waals surface area contributed by atoms with Crippen molar-refractivity contribution in [2.45, 2.75) is 373 Å². The maximum atomic E-state index is 13.0. The molecule has 0 aliphatic heterocycles. The van der Waals surface area contributed by atoms with E-state index in [9.17, 15) is 19.5 Å². The summed E-state index contributed by atoms with van der Waals surface area (Å²) in [6, 6.07) is 0. The summed E-state index contributed by atoms with van der Waals surface area (Å²) in [7, 11) is 5.92. The molecule has 0 radical (unpaired) electrons. The molecule has 0 saturated carbocycles. The first-order valence-corrected chi connectivity index (χ1v) is 42.0. The molecule has 101 heavy (non-hydrogen) atoms. The van der Waals surface area contributed by atoms with Gasteiger partial charge in [0, 0.05) is 12.8 Å². The molecule has 0 saturated heterocycles. The average molecular weight is 1410 g/mol. The summed E-state index contributed by atoms with van der Waals surface area (Å²) < 4.78 is 22.8. The fourth-order valence-electron chi connectivity index (χ4n) is 11.7. The van der Waals surface area contributed by atoms with Gasteiger partial charge in [-0.15, -0.1) is 0 Å². The number of carbonyl (C=O) groups is 3. The van der Waals surface area contributed by atoms with Gasteiger partial charge in [0.1, 0.15) is 13.2 Å². The molecular weight excluding hydrogens is 1250 g/mol. The largest absolute Gasteiger partial charge is 0.545 e. The Morgan fingerprint density at radius 2 is 0.564 bits per heavy atom. The average Bonchev–Trinajstić information content (AvgIpc) is 1.25. The van der Waals surface area contributed by atoms with Crippen molar-refractivity contribution in [3.05, 3.63) is 146 Å². The number of carbonyl (C=O) groups excluding carboxylic acids is 3. The molecule has 578 valence electrons. The van der Waals surface area contributed by atoms with Gasteiger partial charge in [0.05, 0.1) is 40.3 Å². The van der Waals surface area contributed by atoms with E-state index in [-0.39, 0.29) is 38.6 Å². The van der Waals surface area contributed by atoms with Crippen LogP contribution in [0.2, 0.25) is 0 Å². The number of ether oxygens (including phenoxy) is 4. The van der Waals surface area contributed by atoms with Gasteiger partial charge in [0.15, 0.2) is 12.4 Å². The van der Waals surface area contributed by atoms with E-state index in [1.165, 1.54) is 218 Å². The molecule has 2 unspecified atom stereocenters. The fraction of sp³-hybridized carbons (Fsp3) is 0.707. The lowest BCUT2D eigenvalue weighted by Gasteiger charge is -2.26. The van der Waals surface area contributed by atoms with Gasteiger partial charge < -0.3 is 33.3 Å². The highest BCUT2D eigenvalue weighted by molar-refractivity contribution is 5.70. The smallest absolute Gasteiger partial charge is 0.306 e. The minimum atomic E-state index is -1.64. The number of carboxylic acids is 1. The molecular formula is C92H157NO8. The van der Waals surface area contributed by atoms with Crippen molar-refractivity contribution in [2.24, 2.45) is 0 Å². The Morgan fingerprint density at radius 1 is 0.307 bits per heavy atom. The molecule has 0 aliphatic rings. The maximum absolute atomic E-state index is 13.0. The van der Waals surface area contributed by atoms with Gasteiger partial charge in [0.2, 0.25) is 0 Å². The minimum Gasteiger partial charge on any atom is -0.545 e. The second-order valence-electron chi connectivity index (χ2n) is 29.0. The third-order valence-corrected chi connectivity index (χ3v) is 18.1. The highest BCUT2D eigenvalue weighted by Gasteiger charge is 2.22. The molecule has 0 aliphatic carbocycles. The molecule has 0 N–H and O–H groups in total. The van der Waals surface area contributed by atoms with Crippen molar-refractivity contribution >= 4 is 17.9 Å². The summed E-state index contributed by atoms with van der Waals surface area (Å²) in [5.74, 6) is -2.33. The van der Waals surface area contributed by atoms with Crippen LogP contribution in [0.3, 0.4) is 0 Å². The number of aliphatic carboxylic acids is 1. The van der Waals surface area contributed by atoms with Gasteiger partial charge in [0.25, 0.3) is 0 Å². The quantitative estimate of drug-likeness (QED) is 0.0195. The first kappa shape index (κ1) is 96.2. The molecule has 9 nitrogen and oxygen atoms in total. The molecule has 0 spiro atoms. The van der Waals surface area contributed by atoms with E-state index in [4.69, 9.17) is 18.9 Å². The summed E-state index contributed by atoms with van der Waals surface area (Å²) in [6.45, 7) is 4.62. The number of allylic oxidation sites excluding steroid dienone is 24. The van der Waals surface area contributed by atoms with Gasteiger partial charge in [-0.2, -0.15) is 0 Å². The van der Waals surface area contributed by atoms with E-state index in [2.05, 4.69) is 160 Å². The first-order chi connectivity index (χ1) is 49.6. The lowest BCUT2D eigenvalue weighted by atomic mass is 10.0. The Labute approximate surface area is 623 Å². The van der Waals surface area contributed by atoms with Gasteiger partial charge in [-0.3, -0.25) is 9.59 Å². The van der Waals surface area contributed by atoms with Crippen LogP contribution in [-0.2, 0) is 33.3 Å². The van der Waals surface area contributed by atoms with E-state index in [0.717, 1.165) is 109 Å². The molecule has 0 bridgehead atoms. The van der Waals surface area contributed by atoms with Crippen LogP contribution >= 0.6 is 0 Å². The SMILES string of the molecule is CC/C=C\C/C=C\C/C=C\C/C=C\C/C=C\C/C=C\C/C=C\C/C=C\C/C=C\C/C=C\C/C=C\CCCCCC(=O)OC(COC(=O)CCCCCCCCCCCCCCCCCCCCCCCCCCCCC/C=C\CCCCCCCCCC)COC(OCC[N+](C)(C)C)C(=O)[O-].